The summed E-state index contributed by atoms with van der Waals surface area (Å²) in [5.41, 5.74) is 1.21. The van der Waals surface area contributed by atoms with E-state index in [1.807, 2.05) is 13.8 Å². The number of ether oxygens (including phenoxy) is 1. The fourth-order valence-electron chi connectivity index (χ4n) is 2.15. The lowest BCUT2D eigenvalue weighted by atomic mass is 10.0. The third-order valence-electron chi connectivity index (χ3n) is 3.58. The second-order valence-corrected chi connectivity index (χ2v) is 5.20. The fourth-order valence-corrected chi connectivity index (χ4v) is 2.15. The minimum atomic E-state index is -0.553. The van der Waals surface area contributed by atoms with E-state index in [1.165, 1.54) is 24.3 Å². The predicted octanol–water partition coefficient (Wildman–Crippen LogP) is 3.69. The Balaban J connectivity index is 2.14. The Bertz CT molecular complexity index is 670. The number of hydrogen-bond acceptors (Lipinski definition) is 4. The maximum atomic E-state index is 14.1. The third kappa shape index (κ3) is 3.24. The van der Waals surface area contributed by atoms with Crippen LogP contribution in [-0.2, 0) is 6.42 Å². The summed E-state index contributed by atoms with van der Waals surface area (Å²) in [6, 6.07) is 7.41. The minimum absolute atomic E-state index is 0.127. The van der Waals surface area contributed by atoms with Crippen molar-refractivity contribution in [2.75, 3.05) is 6.61 Å². The van der Waals surface area contributed by atoms with E-state index in [-0.39, 0.29) is 35.5 Å². The van der Waals surface area contributed by atoms with E-state index in [0.717, 1.165) is 5.56 Å². The lowest BCUT2D eigenvalue weighted by Gasteiger charge is -2.16. The van der Waals surface area contributed by atoms with Crippen molar-refractivity contribution in [2.45, 2.75) is 26.2 Å². The summed E-state index contributed by atoms with van der Waals surface area (Å²) in [5, 5.41) is 28.5. The van der Waals surface area contributed by atoms with Crippen molar-refractivity contribution in [1.82, 2.24) is 0 Å². The number of rotatable bonds is 5. The molecular formula is C17H19FO4. The summed E-state index contributed by atoms with van der Waals surface area (Å²) in [6.07, 6.45) is 0.504. The average Bonchev–Trinajstić information content (AvgIpc) is 2.49. The first-order valence-corrected chi connectivity index (χ1v) is 7.09. The van der Waals surface area contributed by atoms with Crippen LogP contribution >= 0.6 is 0 Å². The number of aryl methyl sites for hydroxylation is 1. The van der Waals surface area contributed by atoms with Gasteiger partial charge in [0, 0.05) is 5.92 Å². The van der Waals surface area contributed by atoms with E-state index >= 15 is 0 Å². The number of phenols is 3. The zero-order valence-electron chi connectivity index (χ0n) is 12.5. The molecule has 0 radical (unpaired) electrons. The minimum Gasteiger partial charge on any atom is -0.504 e. The lowest BCUT2D eigenvalue weighted by Crippen LogP contribution is -2.08. The summed E-state index contributed by atoms with van der Waals surface area (Å²) in [7, 11) is 0. The van der Waals surface area contributed by atoms with E-state index in [1.54, 1.807) is 6.07 Å². The van der Waals surface area contributed by atoms with Crippen LogP contribution in [0.25, 0.3) is 0 Å². The molecule has 2 aromatic carbocycles. The van der Waals surface area contributed by atoms with Crippen molar-refractivity contribution < 1.29 is 24.4 Å². The average molecular weight is 306 g/mol. The van der Waals surface area contributed by atoms with E-state index in [9.17, 15) is 19.7 Å². The van der Waals surface area contributed by atoms with Crippen LogP contribution in [0.3, 0.4) is 0 Å². The molecule has 0 heterocycles. The normalized spacial score (nSPS) is 12.1. The number of aromatic hydroxyl groups is 3. The van der Waals surface area contributed by atoms with Gasteiger partial charge in [0.25, 0.3) is 0 Å². The van der Waals surface area contributed by atoms with E-state index in [0.29, 0.717) is 12.0 Å². The molecule has 1 unspecified atom stereocenters. The molecule has 2 rings (SSSR count). The first-order valence-electron chi connectivity index (χ1n) is 7.09. The maximum Gasteiger partial charge on any atom is 0.197 e. The highest BCUT2D eigenvalue weighted by molar-refractivity contribution is 5.44. The van der Waals surface area contributed by atoms with Crippen LogP contribution in [0.15, 0.2) is 30.3 Å². The molecule has 0 aliphatic rings. The molecule has 2 aromatic rings. The van der Waals surface area contributed by atoms with Gasteiger partial charge in [0.2, 0.25) is 0 Å². The Morgan fingerprint density at radius 3 is 2.36 bits per heavy atom. The van der Waals surface area contributed by atoms with E-state index in [4.69, 9.17) is 4.74 Å². The molecule has 0 spiro atoms. The molecule has 5 heteroatoms. The highest BCUT2D eigenvalue weighted by Gasteiger charge is 2.16. The Labute approximate surface area is 128 Å². The molecule has 0 saturated carbocycles. The van der Waals surface area contributed by atoms with Gasteiger partial charge in [0.1, 0.15) is 0 Å². The third-order valence-corrected chi connectivity index (χ3v) is 3.58. The van der Waals surface area contributed by atoms with Gasteiger partial charge in [-0.1, -0.05) is 26.0 Å². The lowest BCUT2D eigenvalue weighted by molar-refractivity contribution is 0.266. The van der Waals surface area contributed by atoms with Gasteiger partial charge in [-0.2, -0.15) is 0 Å². The number of benzene rings is 2. The molecule has 0 amide bonds. The highest BCUT2D eigenvalue weighted by Crippen LogP contribution is 2.33. The molecular weight excluding hydrogens is 287 g/mol. The second-order valence-electron chi connectivity index (χ2n) is 5.20. The number of halogens is 1. The summed E-state index contributed by atoms with van der Waals surface area (Å²) < 4.78 is 19.6. The topological polar surface area (TPSA) is 69.9 Å². The molecule has 0 aromatic heterocycles. The Kier molecular flexibility index (Phi) is 4.75. The monoisotopic (exact) mass is 306 g/mol. The van der Waals surface area contributed by atoms with Crippen molar-refractivity contribution in [3.8, 4) is 23.0 Å². The van der Waals surface area contributed by atoms with Crippen LogP contribution < -0.4 is 4.74 Å². The van der Waals surface area contributed by atoms with Gasteiger partial charge in [0.05, 0.1) is 6.61 Å². The van der Waals surface area contributed by atoms with Crippen LogP contribution in [0.1, 0.15) is 30.9 Å². The summed E-state index contributed by atoms with van der Waals surface area (Å²) >= 11 is 0. The molecule has 0 fully saturated rings. The van der Waals surface area contributed by atoms with Crippen LogP contribution in [0, 0.1) is 5.82 Å². The predicted molar refractivity (Wildman–Crippen MR) is 81.1 cm³/mol. The first-order chi connectivity index (χ1) is 10.4. The molecule has 0 saturated heterocycles. The summed E-state index contributed by atoms with van der Waals surface area (Å²) in [5.74, 6) is -1.52. The van der Waals surface area contributed by atoms with Gasteiger partial charge in [-0.25, -0.2) is 4.39 Å². The van der Waals surface area contributed by atoms with Gasteiger partial charge < -0.3 is 20.1 Å². The van der Waals surface area contributed by atoms with Crippen molar-refractivity contribution in [1.29, 1.82) is 0 Å². The Morgan fingerprint density at radius 2 is 1.73 bits per heavy atom. The molecule has 22 heavy (non-hydrogen) atoms. The van der Waals surface area contributed by atoms with Crippen LogP contribution in [-0.4, -0.2) is 21.9 Å². The molecule has 0 aliphatic carbocycles. The molecule has 118 valence electrons. The van der Waals surface area contributed by atoms with Crippen molar-refractivity contribution in [3.63, 3.8) is 0 Å². The first kappa shape index (κ1) is 15.9. The zero-order valence-corrected chi connectivity index (χ0v) is 12.5. The van der Waals surface area contributed by atoms with Gasteiger partial charge in [-0.3, -0.25) is 0 Å². The molecule has 1 atom stereocenters. The van der Waals surface area contributed by atoms with Crippen molar-refractivity contribution in [3.05, 3.63) is 47.3 Å². The smallest absolute Gasteiger partial charge is 0.197 e. The van der Waals surface area contributed by atoms with Gasteiger partial charge in [-0.15, -0.1) is 0 Å². The van der Waals surface area contributed by atoms with Crippen molar-refractivity contribution >= 4 is 0 Å². The Morgan fingerprint density at radius 1 is 1.05 bits per heavy atom. The van der Waals surface area contributed by atoms with E-state index < -0.39 is 5.82 Å². The fraction of sp³-hybridized carbons (Fsp3) is 0.294. The summed E-state index contributed by atoms with van der Waals surface area (Å²) in [4.78, 5) is 0. The molecule has 0 bridgehead atoms. The molecule has 4 nitrogen and oxygen atoms in total. The standard InChI is InChI=1S/C17H19FO4/c1-3-11-4-7-14(20)17(16(11)18)22-9-10(2)12-5-6-13(19)15(21)8-12/h4-8,10,19-21H,3,9H2,1-2H3. The van der Waals surface area contributed by atoms with Gasteiger partial charge in [-0.05, 0) is 35.7 Å². The van der Waals surface area contributed by atoms with Gasteiger partial charge in [0.15, 0.2) is 28.8 Å². The van der Waals surface area contributed by atoms with Crippen LogP contribution in [0.2, 0.25) is 0 Å². The summed E-state index contributed by atoms with van der Waals surface area (Å²) in [6.45, 7) is 3.79. The molecule has 0 aliphatic heterocycles. The number of hydrogen-bond donors (Lipinski definition) is 3. The van der Waals surface area contributed by atoms with Crippen LogP contribution in [0.5, 0.6) is 23.0 Å². The van der Waals surface area contributed by atoms with Crippen molar-refractivity contribution in [2.24, 2.45) is 0 Å². The van der Waals surface area contributed by atoms with Gasteiger partial charge >= 0.3 is 0 Å². The maximum absolute atomic E-state index is 14.1. The highest BCUT2D eigenvalue weighted by atomic mass is 19.1. The SMILES string of the molecule is CCc1ccc(O)c(OCC(C)c2ccc(O)c(O)c2)c1F. The number of phenolic OH excluding ortho intramolecular Hbond substituents is 3. The second kappa shape index (κ2) is 6.56. The van der Waals surface area contributed by atoms with E-state index in [2.05, 4.69) is 0 Å². The Hall–Kier alpha value is -2.43. The largest absolute Gasteiger partial charge is 0.504 e. The van der Waals surface area contributed by atoms with Crippen LogP contribution in [0.4, 0.5) is 4.39 Å². The zero-order chi connectivity index (χ0) is 16.3. The molecule has 3 N–H and O–H groups in total. The quantitative estimate of drug-likeness (QED) is 0.737.